The first-order valence-corrected chi connectivity index (χ1v) is 14.9. The van der Waals surface area contributed by atoms with E-state index in [1.54, 1.807) is 79.9 Å². The van der Waals surface area contributed by atoms with Crippen molar-refractivity contribution in [1.82, 2.24) is 5.32 Å². The molecule has 0 unspecified atom stereocenters. The number of rotatable bonds is 14. The summed E-state index contributed by atoms with van der Waals surface area (Å²) in [4.78, 5) is 22.5. The predicted octanol–water partition coefficient (Wildman–Crippen LogP) is 6.40. The van der Waals surface area contributed by atoms with Crippen LogP contribution in [0.3, 0.4) is 0 Å². The number of nitrogens with one attached hydrogen (secondary N) is 1. The summed E-state index contributed by atoms with van der Waals surface area (Å²) in [5.74, 6) is 0.678. The molecule has 4 aromatic rings. The number of methoxy groups -OCH3 is 1. The van der Waals surface area contributed by atoms with Gasteiger partial charge in [-0.1, -0.05) is 53.6 Å². The number of hydrogen-bond donors (Lipinski definition) is 2. The summed E-state index contributed by atoms with van der Waals surface area (Å²) in [6.07, 6.45) is 0.0511. The van der Waals surface area contributed by atoms with Crippen molar-refractivity contribution in [2.45, 2.75) is 30.9 Å². The van der Waals surface area contributed by atoms with E-state index < -0.39 is 17.6 Å². The number of aliphatic hydroxyl groups excluding tert-OH is 1. The zero-order chi connectivity index (χ0) is 32.4. The molecular weight excluding hydrogens is 589 g/mol. The number of carbonyl (C=O) groups is 1. The van der Waals surface area contributed by atoms with E-state index in [1.165, 1.54) is 12.1 Å². The van der Waals surface area contributed by atoms with Crippen molar-refractivity contribution in [1.29, 1.82) is 0 Å². The Morgan fingerprint density at radius 3 is 2.63 bits per heavy atom. The lowest BCUT2D eigenvalue weighted by Gasteiger charge is -2.31. The van der Waals surface area contributed by atoms with Gasteiger partial charge in [-0.2, -0.15) is 0 Å². The number of azide groups is 1. The highest BCUT2D eigenvalue weighted by Crippen LogP contribution is 2.44. The molecule has 0 fully saturated rings. The highest BCUT2D eigenvalue weighted by atomic mass is 19.1. The fraction of sp³-hybridized carbons (Fsp3) is 0.257. The molecule has 0 aliphatic carbocycles. The van der Waals surface area contributed by atoms with Gasteiger partial charge in [0.15, 0.2) is 11.6 Å². The lowest BCUT2D eigenvalue weighted by molar-refractivity contribution is -0.128. The number of amides is 1. The lowest BCUT2D eigenvalue weighted by atomic mass is 9.81. The van der Waals surface area contributed by atoms with E-state index in [2.05, 4.69) is 15.3 Å². The van der Waals surface area contributed by atoms with Crippen LogP contribution in [-0.4, -0.2) is 49.3 Å². The van der Waals surface area contributed by atoms with Gasteiger partial charge in [0.05, 0.1) is 13.7 Å². The highest BCUT2D eigenvalue weighted by Gasteiger charge is 2.53. The van der Waals surface area contributed by atoms with E-state index in [9.17, 15) is 14.7 Å². The molecule has 1 aliphatic rings. The number of aliphatic imine (C=N–C) groups is 1. The molecule has 2 N–H and O–H groups in total. The van der Waals surface area contributed by atoms with Crippen LogP contribution >= 0.6 is 0 Å². The van der Waals surface area contributed by atoms with Crippen molar-refractivity contribution in [2.24, 2.45) is 10.1 Å². The Hall–Kier alpha value is -5.38. The number of hydrogen-bond acceptors (Lipinski definition) is 7. The first kappa shape index (κ1) is 32.0. The van der Waals surface area contributed by atoms with Gasteiger partial charge in [0, 0.05) is 42.2 Å². The summed E-state index contributed by atoms with van der Waals surface area (Å²) in [6, 6.07) is 27.7. The van der Waals surface area contributed by atoms with Gasteiger partial charge >= 0.3 is 0 Å². The number of nitrogens with zero attached hydrogens (tertiary/aromatic N) is 4. The molecule has 0 bridgehead atoms. The van der Waals surface area contributed by atoms with Gasteiger partial charge in [0.25, 0.3) is 5.91 Å². The highest BCUT2D eigenvalue weighted by molar-refractivity contribution is 6.01. The van der Waals surface area contributed by atoms with E-state index in [1.807, 2.05) is 12.1 Å². The molecule has 236 valence electrons. The van der Waals surface area contributed by atoms with Crippen LogP contribution in [0.4, 0.5) is 10.1 Å². The summed E-state index contributed by atoms with van der Waals surface area (Å²) in [6.45, 7) is 0.621. The Balaban J connectivity index is 1.57. The SMILES string of the molecule is COc1cccc([C@H]2OC(c3ccc(OCCCO)cc3)=N[C@@]2(Cc2ccccc2N=[N+]=[N-])C(=O)NCCc2cccc(F)c2)c1. The smallest absolute Gasteiger partial charge is 0.252 e. The maximum atomic E-state index is 14.5. The normalized spacial score (nSPS) is 16.9. The molecule has 0 spiro atoms. The second-order valence-electron chi connectivity index (χ2n) is 10.7. The van der Waals surface area contributed by atoms with Gasteiger partial charge in [-0.15, -0.1) is 0 Å². The van der Waals surface area contributed by atoms with Crippen molar-refractivity contribution in [3.8, 4) is 11.5 Å². The van der Waals surface area contributed by atoms with E-state index in [-0.39, 0.29) is 31.3 Å². The van der Waals surface area contributed by atoms with Crippen molar-refractivity contribution in [3.05, 3.63) is 136 Å². The van der Waals surface area contributed by atoms with Crippen molar-refractivity contribution >= 4 is 17.5 Å². The molecule has 0 radical (unpaired) electrons. The Morgan fingerprint density at radius 2 is 1.87 bits per heavy atom. The summed E-state index contributed by atoms with van der Waals surface area (Å²) in [7, 11) is 1.56. The molecule has 11 heteroatoms. The first-order valence-electron chi connectivity index (χ1n) is 14.9. The number of aliphatic hydroxyl groups is 1. The molecule has 4 aromatic carbocycles. The van der Waals surface area contributed by atoms with Gasteiger partial charge in [0.2, 0.25) is 5.90 Å². The molecule has 46 heavy (non-hydrogen) atoms. The third kappa shape index (κ3) is 7.46. The molecule has 0 saturated carbocycles. The van der Waals surface area contributed by atoms with Crippen LogP contribution in [0.2, 0.25) is 0 Å². The van der Waals surface area contributed by atoms with Gasteiger partial charge < -0.3 is 24.6 Å². The van der Waals surface area contributed by atoms with Crippen LogP contribution in [0.1, 0.15) is 34.8 Å². The van der Waals surface area contributed by atoms with Crippen LogP contribution in [0, 0.1) is 5.82 Å². The van der Waals surface area contributed by atoms with Crippen molar-refractivity contribution in [3.63, 3.8) is 0 Å². The molecule has 2 atom stereocenters. The van der Waals surface area contributed by atoms with Crippen molar-refractivity contribution < 1.29 is 28.5 Å². The molecule has 10 nitrogen and oxygen atoms in total. The van der Waals surface area contributed by atoms with Crippen LogP contribution < -0.4 is 14.8 Å². The number of benzene rings is 4. The van der Waals surface area contributed by atoms with Gasteiger partial charge in [-0.05, 0) is 77.2 Å². The second kappa shape index (κ2) is 15.1. The number of halogens is 1. The van der Waals surface area contributed by atoms with Crippen molar-refractivity contribution in [2.75, 3.05) is 26.9 Å². The molecule has 0 aromatic heterocycles. The molecule has 5 rings (SSSR count). The number of carbonyl (C=O) groups excluding carboxylic acids is 1. The van der Waals surface area contributed by atoms with Crippen LogP contribution in [0.15, 0.2) is 107 Å². The summed E-state index contributed by atoms with van der Waals surface area (Å²) >= 11 is 0. The third-order valence-electron chi connectivity index (χ3n) is 7.62. The fourth-order valence-corrected chi connectivity index (χ4v) is 5.35. The topological polar surface area (TPSA) is 138 Å². The molecular formula is C35H34FN5O5. The summed E-state index contributed by atoms with van der Waals surface area (Å²) in [5, 5.41) is 15.9. The third-order valence-corrected chi connectivity index (χ3v) is 7.62. The zero-order valence-corrected chi connectivity index (χ0v) is 25.3. The Labute approximate surface area is 266 Å². The minimum absolute atomic E-state index is 0.0313. The Kier molecular flexibility index (Phi) is 10.5. The average Bonchev–Trinajstić information content (AvgIpc) is 3.47. The molecule has 0 saturated heterocycles. The monoisotopic (exact) mass is 623 g/mol. The van der Waals surface area contributed by atoms with Crippen LogP contribution in [0.25, 0.3) is 10.4 Å². The van der Waals surface area contributed by atoms with Crippen LogP contribution in [-0.2, 0) is 22.4 Å². The van der Waals surface area contributed by atoms with E-state index >= 15 is 0 Å². The number of ether oxygens (including phenoxy) is 3. The summed E-state index contributed by atoms with van der Waals surface area (Å²) < 4.78 is 31.6. The van der Waals surface area contributed by atoms with Crippen LogP contribution in [0.5, 0.6) is 11.5 Å². The van der Waals surface area contributed by atoms with E-state index in [0.717, 1.165) is 5.56 Å². The molecule has 1 amide bonds. The summed E-state index contributed by atoms with van der Waals surface area (Å²) in [5.41, 5.74) is 10.7. The van der Waals surface area contributed by atoms with E-state index in [0.29, 0.717) is 53.3 Å². The zero-order valence-electron chi connectivity index (χ0n) is 25.3. The average molecular weight is 624 g/mol. The maximum absolute atomic E-state index is 14.5. The van der Waals surface area contributed by atoms with E-state index in [4.69, 9.17) is 24.3 Å². The molecule has 1 heterocycles. The standard InChI is InChI=1S/C35H34FN5O5/c1-44-30-11-5-9-26(22-30)32-35(23-27-8-2-3-12-31(27)40-41-37,34(43)38-18-17-24-7-4-10-28(36)21-24)39-33(46-32)25-13-15-29(16-14-25)45-20-6-19-42/h2-5,7-16,21-22,32,42H,6,17-20,23H2,1H3,(H,38,43)/t32-,35-/m1/s1. The Morgan fingerprint density at radius 1 is 1.07 bits per heavy atom. The predicted molar refractivity (Wildman–Crippen MR) is 172 cm³/mol. The largest absolute Gasteiger partial charge is 0.497 e. The quantitative estimate of drug-likeness (QED) is 0.0725. The maximum Gasteiger partial charge on any atom is 0.252 e. The second-order valence-corrected chi connectivity index (χ2v) is 10.7. The fourth-order valence-electron chi connectivity index (χ4n) is 5.35. The Bertz CT molecular complexity index is 1740. The van der Waals surface area contributed by atoms with Gasteiger partial charge in [-0.3, -0.25) is 4.79 Å². The molecule has 1 aliphatic heterocycles. The minimum atomic E-state index is -1.54. The van der Waals surface area contributed by atoms with Gasteiger partial charge in [0.1, 0.15) is 17.3 Å². The minimum Gasteiger partial charge on any atom is -0.497 e. The first-order chi connectivity index (χ1) is 22.5. The lowest BCUT2D eigenvalue weighted by Crippen LogP contribution is -2.50. The van der Waals surface area contributed by atoms with Gasteiger partial charge in [-0.25, -0.2) is 9.38 Å².